The molecule has 0 aliphatic carbocycles. The predicted molar refractivity (Wildman–Crippen MR) is 61.0 cm³/mol. The van der Waals surface area contributed by atoms with Crippen LogP contribution < -0.4 is 4.74 Å². The highest BCUT2D eigenvalue weighted by Gasteiger charge is 2.04. The van der Waals surface area contributed by atoms with E-state index in [1.165, 1.54) is 12.1 Å². The molecule has 15 heavy (non-hydrogen) atoms. The molecule has 0 radical (unpaired) electrons. The normalized spacial score (nSPS) is 12.5. The fourth-order valence-electron chi connectivity index (χ4n) is 1.06. The molecular weight excluding hydrogens is 263 g/mol. The van der Waals surface area contributed by atoms with E-state index in [4.69, 9.17) is 9.47 Å². The van der Waals surface area contributed by atoms with Gasteiger partial charge in [-0.3, -0.25) is 0 Å². The lowest BCUT2D eigenvalue weighted by Gasteiger charge is -2.12. The molecule has 1 rings (SSSR count). The van der Waals surface area contributed by atoms with Gasteiger partial charge in [-0.15, -0.1) is 0 Å². The summed E-state index contributed by atoms with van der Waals surface area (Å²) in [5.74, 6) is 0.250. The highest BCUT2D eigenvalue weighted by atomic mass is 79.9. The minimum absolute atomic E-state index is 0.000637. The van der Waals surface area contributed by atoms with Gasteiger partial charge < -0.3 is 9.47 Å². The molecule has 0 aliphatic rings. The molecule has 1 atom stereocenters. The maximum atomic E-state index is 13.1. The lowest BCUT2D eigenvalue weighted by Crippen LogP contribution is -2.16. The first-order valence-electron chi connectivity index (χ1n) is 4.66. The molecule has 1 aromatic carbocycles. The molecule has 84 valence electrons. The van der Waals surface area contributed by atoms with Crippen LogP contribution in [0.4, 0.5) is 4.39 Å². The third kappa shape index (κ3) is 4.18. The van der Waals surface area contributed by atoms with E-state index in [0.717, 1.165) is 5.56 Å². The van der Waals surface area contributed by atoms with Gasteiger partial charge in [0.05, 0.1) is 6.10 Å². The Hall–Kier alpha value is -0.610. The van der Waals surface area contributed by atoms with Crippen LogP contribution in [0.1, 0.15) is 12.5 Å². The SMILES string of the molecule is COC(C)COc1cc(F)cc(CBr)c1. The van der Waals surface area contributed by atoms with E-state index >= 15 is 0 Å². The van der Waals surface area contributed by atoms with Gasteiger partial charge in [-0.25, -0.2) is 4.39 Å². The van der Waals surface area contributed by atoms with Crippen molar-refractivity contribution in [3.63, 3.8) is 0 Å². The Morgan fingerprint density at radius 3 is 2.73 bits per heavy atom. The second-order valence-electron chi connectivity index (χ2n) is 3.29. The molecule has 0 spiro atoms. The molecule has 0 saturated carbocycles. The summed E-state index contributed by atoms with van der Waals surface area (Å²) in [6.07, 6.45) is 0.000637. The van der Waals surface area contributed by atoms with Crippen molar-refractivity contribution < 1.29 is 13.9 Å². The Balaban J connectivity index is 2.64. The van der Waals surface area contributed by atoms with Gasteiger partial charge in [0.1, 0.15) is 18.2 Å². The van der Waals surface area contributed by atoms with E-state index in [1.807, 2.05) is 6.92 Å². The largest absolute Gasteiger partial charge is 0.491 e. The second kappa shape index (κ2) is 6.08. The minimum atomic E-state index is -0.285. The molecule has 0 fully saturated rings. The zero-order valence-electron chi connectivity index (χ0n) is 8.80. The molecule has 0 N–H and O–H groups in total. The van der Waals surface area contributed by atoms with Gasteiger partial charge in [0.15, 0.2) is 0 Å². The Labute approximate surface area is 97.5 Å². The summed E-state index contributed by atoms with van der Waals surface area (Å²) in [5, 5.41) is 0.612. The van der Waals surface area contributed by atoms with Crippen molar-refractivity contribution in [2.45, 2.75) is 18.4 Å². The van der Waals surface area contributed by atoms with Crippen LogP contribution in [0.5, 0.6) is 5.75 Å². The fourth-order valence-corrected chi connectivity index (χ4v) is 1.39. The molecule has 0 saturated heterocycles. The first kappa shape index (κ1) is 12.5. The summed E-state index contributed by atoms with van der Waals surface area (Å²) in [5.41, 5.74) is 0.857. The number of hydrogen-bond acceptors (Lipinski definition) is 2. The highest BCUT2D eigenvalue weighted by molar-refractivity contribution is 9.08. The maximum Gasteiger partial charge on any atom is 0.127 e. The Morgan fingerprint density at radius 1 is 1.40 bits per heavy atom. The number of rotatable bonds is 5. The monoisotopic (exact) mass is 276 g/mol. The van der Waals surface area contributed by atoms with Gasteiger partial charge in [0.2, 0.25) is 0 Å². The zero-order chi connectivity index (χ0) is 11.3. The van der Waals surface area contributed by atoms with Crippen LogP contribution in [-0.2, 0) is 10.1 Å². The molecule has 0 amide bonds. The van der Waals surface area contributed by atoms with Gasteiger partial charge in [0, 0.05) is 18.5 Å². The zero-order valence-corrected chi connectivity index (χ0v) is 10.4. The van der Waals surface area contributed by atoms with Crippen molar-refractivity contribution in [2.24, 2.45) is 0 Å². The number of ether oxygens (including phenoxy) is 2. The predicted octanol–water partition coefficient (Wildman–Crippen LogP) is 3.13. The topological polar surface area (TPSA) is 18.5 Å². The van der Waals surface area contributed by atoms with E-state index in [9.17, 15) is 4.39 Å². The van der Waals surface area contributed by atoms with Crippen LogP contribution in [0.2, 0.25) is 0 Å². The van der Waals surface area contributed by atoms with Crippen molar-refractivity contribution in [1.29, 1.82) is 0 Å². The molecule has 0 aromatic heterocycles. The summed E-state index contributed by atoms with van der Waals surface area (Å²) in [4.78, 5) is 0. The Morgan fingerprint density at radius 2 is 2.13 bits per heavy atom. The van der Waals surface area contributed by atoms with Crippen LogP contribution in [0.3, 0.4) is 0 Å². The van der Waals surface area contributed by atoms with Crippen molar-refractivity contribution >= 4 is 15.9 Å². The number of methoxy groups -OCH3 is 1. The van der Waals surface area contributed by atoms with Crippen molar-refractivity contribution in [3.05, 3.63) is 29.6 Å². The van der Waals surface area contributed by atoms with E-state index in [-0.39, 0.29) is 11.9 Å². The standard InChI is InChI=1S/C11H14BrFO2/c1-8(14-2)7-15-11-4-9(6-12)3-10(13)5-11/h3-5,8H,6-7H2,1-2H3. The van der Waals surface area contributed by atoms with Crippen LogP contribution in [0, 0.1) is 5.82 Å². The number of benzene rings is 1. The third-order valence-electron chi connectivity index (χ3n) is 1.97. The first-order chi connectivity index (χ1) is 7.15. The summed E-state index contributed by atoms with van der Waals surface area (Å²) in [6.45, 7) is 2.31. The van der Waals surface area contributed by atoms with Crippen LogP contribution in [0.15, 0.2) is 18.2 Å². The number of halogens is 2. The Kier molecular flexibility index (Phi) is 5.05. The average Bonchev–Trinajstić information content (AvgIpc) is 2.25. The van der Waals surface area contributed by atoms with Crippen LogP contribution in [0.25, 0.3) is 0 Å². The highest BCUT2D eigenvalue weighted by Crippen LogP contribution is 2.18. The number of alkyl halides is 1. The van der Waals surface area contributed by atoms with E-state index in [1.54, 1.807) is 13.2 Å². The van der Waals surface area contributed by atoms with Crippen molar-refractivity contribution in [1.82, 2.24) is 0 Å². The van der Waals surface area contributed by atoms with Gasteiger partial charge >= 0.3 is 0 Å². The molecule has 4 heteroatoms. The third-order valence-corrected chi connectivity index (χ3v) is 2.62. The molecule has 0 aliphatic heterocycles. The minimum Gasteiger partial charge on any atom is -0.491 e. The summed E-state index contributed by atoms with van der Waals surface area (Å²) in [6, 6.07) is 4.65. The van der Waals surface area contributed by atoms with E-state index in [2.05, 4.69) is 15.9 Å². The lowest BCUT2D eigenvalue weighted by atomic mass is 10.2. The lowest BCUT2D eigenvalue weighted by molar-refractivity contribution is 0.0715. The Bertz CT molecular complexity index is 317. The first-order valence-corrected chi connectivity index (χ1v) is 5.79. The molecule has 2 nitrogen and oxygen atoms in total. The van der Waals surface area contributed by atoms with Crippen molar-refractivity contribution in [3.8, 4) is 5.75 Å². The number of hydrogen-bond donors (Lipinski definition) is 0. The molecule has 0 heterocycles. The van der Waals surface area contributed by atoms with Crippen LogP contribution >= 0.6 is 15.9 Å². The fraction of sp³-hybridized carbons (Fsp3) is 0.455. The van der Waals surface area contributed by atoms with Crippen molar-refractivity contribution in [2.75, 3.05) is 13.7 Å². The smallest absolute Gasteiger partial charge is 0.127 e. The molecule has 0 bridgehead atoms. The summed E-state index contributed by atoms with van der Waals surface area (Å²) < 4.78 is 23.5. The van der Waals surface area contributed by atoms with Crippen LogP contribution in [-0.4, -0.2) is 19.8 Å². The van der Waals surface area contributed by atoms with Gasteiger partial charge in [-0.05, 0) is 24.6 Å². The van der Waals surface area contributed by atoms with E-state index in [0.29, 0.717) is 17.7 Å². The maximum absolute atomic E-state index is 13.1. The average molecular weight is 277 g/mol. The second-order valence-corrected chi connectivity index (χ2v) is 3.85. The molecule has 1 unspecified atom stereocenters. The molecular formula is C11H14BrFO2. The molecule has 1 aromatic rings. The summed E-state index contributed by atoms with van der Waals surface area (Å²) in [7, 11) is 1.61. The van der Waals surface area contributed by atoms with E-state index < -0.39 is 0 Å². The quantitative estimate of drug-likeness (QED) is 0.770. The van der Waals surface area contributed by atoms with Gasteiger partial charge in [-0.1, -0.05) is 15.9 Å². The van der Waals surface area contributed by atoms with Gasteiger partial charge in [-0.2, -0.15) is 0 Å². The van der Waals surface area contributed by atoms with Gasteiger partial charge in [0.25, 0.3) is 0 Å². The summed E-state index contributed by atoms with van der Waals surface area (Å²) >= 11 is 3.27.